The maximum Gasteiger partial charge on any atom is 0.155 e. The van der Waals surface area contributed by atoms with Gasteiger partial charge in [-0.25, -0.2) is 0 Å². The summed E-state index contributed by atoms with van der Waals surface area (Å²) in [5, 5.41) is 0. The number of hydrogen-bond donors (Lipinski definition) is 0. The van der Waals surface area contributed by atoms with Gasteiger partial charge in [-0.1, -0.05) is 34.6 Å². The monoisotopic (exact) mass is 323 g/mol. The van der Waals surface area contributed by atoms with Crippen LogP contribution in [0.25, 0.3) is 0 Å². The Balaban J connectivity index is 1.96. The van der Waals surface area contributed by atoms with Gasteiger partial charge in [-0.15, -0.1) is 0 Å². The zero-order valence-corrected chi connectivity index (χ0v) is 16.5. The lowest BCUT2D eigenvalue weighted by molar-refractivity contribution is -0.132. The van der Waals surface area contributed by atoms with Crippen molar-refractivity contribution in [3.8, 4) is 0 Å². The van der Waals surface area contributed by atoms with Crippen molar-refractivity contribution in [2.75, 3.05) is 18.1 Å². The zero-order chi connectivity index (χ0) is 16.8. The molecular formula is C19H33NOS. The molecule has 2 heterocycles. The Kier molecular flexibility index (Phi) is 3.31. The second kappa shape index (κ2) is 4.33. The van der Waals surface area contributed by atoms with Crippen molar-refractivity contribution in [2.24, 2.45) is 21.7 Å². The topological polar surface area (TPSA) is 20.3 Å². The van der Waals surface area contributed by atoms with E-state index in [1.807, 2.05) is 0 Å². The minimum Gasteiger partial charge on any atom is -0.297 e. The summed E-state index contributed by atoms with van der Waals surface area (Å²) < 4.78 is 0. The normalized spacial score (nSPS) is 36.6. The molecule has 0 amide bonds. The van der Waals surface area contributed by atoms with Gasteiger partial charge in [-0.2, -0.15) is 11.8 Å². The number of likely N-dealkylation sites (tertiary alicyclic amines) is 1. The molecule has 2 atom stereocenters. The van der Waals surface area contributed by atoms with Crippen molar-refractivity contribution in [3.05, 3.63) is 0 Å². The molecule has 3 fully saturated rings. The molecule has 22 heavy (non-hydrogen) atoms. The predicted molar refractivity (Wildman–Crippen MR) is 95.3 cm³/mol. The van der Waals surface area contributed by atoms with E-state index < -0.39 is 0 Å². The first-order valence-corrected chi connectivity index (χ1v) is 9.85. The molecule has 0 N–H and O–H groups in total. The molecule has 3 rings (SSSR count). The Labute approximate surface area is 140 Å². The number of Topliss-reactive ketones (excluding diaryl/α,β-unsaturated/α-hetero) is 1. The van der Waals surface area contributed by atoms with Crippen LogP contribution in [0, 0.1) is 21.7 Å². The summed E-state index contributed by atoms with van der Waals surface area (Å²) in [6.07, 6.45) is 1.08. The van der Waals surface area contributed by atoms with Crippen LogP contribution in [0.15, 0.2) is 0 Å². The first-order valence-electron chi connectivity index (χ1n) is 8.69. The molecule has 0 aromatic rings. The van der Waals surface area contributed by atoms with Crippen LogP contribution in [0.1, 0.15) is 61.8 Å². The fraction of sp³-hybridized carbons (Fsp3) is 0.947. The van der Waals surface area contributed by atoms with E-state index in [-0.39, 0.29) is 17.0 Å². The Bertz CT molecular complexity index is 507. The molecule has 0 radical (unpaired) electrons. The number of rotatable bonds is 1. The first kappa shape index (κ1) is 16.8. The summed E-state index contributed by atoms with van der Waals surface area (Å²) in [5.74, 6) is 3.03. The summed E-state index contributed by atoms with van der Waals surface area (Å²) in [5.41, 5.74) is 1.07. The number of carbonyl (C=O) groups excluding carboxylic acids is 1. The van der Waals surface area contributed by atoms with E-state index in [1.54, 1.807) is 0 Å². The molecule has 0 aromatic carbocycles. The predicted octanol–water partition coefficient (Wildman–Crippen LogP) is 4.23. The minimum atomic E-state index is -0.250. The van der Waals surface area contributed by atoms with Gasteiger partial charge < -0.3 is 0 Å². The van der Waals surface area contributed by atoms with Crippen LogP contribution in [0.3, 0.4) is 0 Å². The van der Waals surface area contributed by atoms with Gasteiger partial charge in [0.05, 0.1) is 6.04 Å². The van der Waals surface area contributed by atoms with Gasteiger partial charge in [0.15, 0.2) is 5.78 Å². The van der Waals surface area contributed by atoms with E-state index in [9.17, 15) is 4.79 Å². The number of ketones is 1. The molecule has 3 aliphatic rings. The second-order valence-electron chi connectivity index (χ2n) is 10.4. The average molecular weight is 324 g/mol. The SMILES string of the molecule is CC(C)(C)C(=O)[C@@H]1C[C@]2(CN1C(C)(C)C)C(C)(C)C21CSC1. The fourth-order valence-electron chi connectivity index (χ4n) is 5.35. The smallest absolute Gasteiger partial charge is 0.155 e. The van der Waals surface area contributed by atoms with Gasteiger partial charge in [0.2, 0.25) is 0 Å². The van der Waals surface area contributed by atoms with Crippen LogP contribution in [-0.4, -0.2) is 40.3 Å². The number of hydrogen-bond acceptors (Lipinski definition) is 3. The highest BCUT2D eigenvalue weighted by Gasteiger charge is 2.85. The third-order valence-electron chi connectivity index (χ3n) is 7.21. The van der Waals surface area contributed by atoms with Crippen molar-refractivity contribution in [3.63, 3.8) is 0 Å². The maximum absolute atomic E-state index is 13.1. The number of thioether (sulfide) groups is 1. The maximum atomic E-state index is 13.1. The third kappa shape index (κ3) is 1.81. The molecule has 2 saturated heterocycles. The highest BCUT2D eigenvalue weighted by Crippen LogP contribution is 2.86. The molecular weight excluding hydrogens is 290 g/mol. The summed E-state index contributed by atoms with van der Waals surface area (Å²) in [6, 6.07) is 0.101. The first-order chi connectivity index (χ1) is 9.80. The number of fused-ring (bicyclic) bond motifs is 1. The Morgan fingerprint density at radius 2 is 1.59 bits per heavy atom. The van der Waals surface area contributed by atoms with Crippen LogP contribution in [0.2, 0.25) is 0 Å². The Morgan fingerprint density at radius 1 is 1.05 bits per heavy atom. The lowest BCUT2D eigenvalue weighted by Crippen LogP contribution is -2.50. The van der Waals surface area contributed by atoms with Gasteiger partial charge in [-0.3, -0.25) is 9.69 Å². The molecule has 2 aliphatic heterocycles. The van der Waals surface area contributed by atoms with Gasteiger partial charge >= 0.3 is 0 Å². The van der Waals surface area contributed by atoms with E-state index in [2.05, 4.69) is 72.1 Å². The van der Waals surface area contributed by atoms with E-state index in [1.165, 1.54) is 11.5 Å². The van der Waals surface area contributed by atoms with Gasteiger partial charge in [0.1, 0.15) is 0 Å². The Hall–Kier alpha value is -0.0200. The van der Waals surface area contributed by atoms with Crippen molar-refractivity contribution in [2.45, 2.75) is 73.4 Å². The van der Waals surface area contributed by atoms with Gasteiger partial charge in [0.25, 0.3) is 0 Å². The van der Waals surface area contributed by atoms with E-state index in [0.29, 0.717) is 22.0 Å². The molecule has 1 saturated carbocycles. The highest BCUT2D eigenvalue weighted by molar-refractivity contribution is 8.00. The van der Waals surface area contributed by atoms with Crippen LogP contribution >= 0.6 is 11.8 Å². The van der Waals surface area contributed by atoms with Gasteiger partial charge in [-0.05, 0) is 38.0 Å². The van der Waals surface area contributed by atoms with Crippen LogP contribution < -0.4 is 0 Å². The molecule has 2 nitrogen and oxygen atoms in total. The second-order valence-corrected chi connectivity index (χ2v) is 11.4. The number of carbonyl (C=O) groups is 1. The van der Waals surface area contributed by atoms with Crippen molar-refractivity contribution in [1.82, 2.24) is 4.90 Å². The molecule has 0 unspecified atom stereocenters. The minimum absolute atomic E-state index is 0.0613. The van der Waals surface area contributed by atoms with E-state index in [4.69, 9.17) is 0 Å². The zero-order valence-electron chi connectivity index (χ0n) is 15.7. The quantitative estimate of drug-likeness (QED) is 0.720. The Morgan fingerprint density at radius 3 is 1.91 bits per heavy atom. The molecule has 0 bridgehead atoms. The largest absolute Gasteiger partial charge is 0.297 e. The summed E-state index contributed by atoms with van der Waals surface area (Å²) in [6.45, 7) is 19.1. The van der Waals surface area contributed by atoms with Crippen LogP contribution in [0.4, 0.5) is 0 Å². The van der Waals surface area contributed by atoms with Crippen LogP contribution in [-0.2, 0) is 4.79 Å². The standard InChI is InChI=1S/C19H33NOS/c1-15(2,3)14(21)13-9-18(10-20(13)16(4,5)6)17(7,8)19(18)11-22-12-19/h13H,9-12H2,1-8H3/t13-,18-/m0/s1. The fourth-order valence-corrected chi connectivity index (χ4v) is 7.23. The van der Waals surface area contributed by atoms with E-state index >= 15 is 0 Å². The molecule has 1 aliphatic carbocycles. The summed E-state index contributed by atoms with van der Waals surface area (Å²) >= 11 is 2.09. The van der Waals surface area contributed by atoms with Crippen molar-refractivity contribution < 1.29 is 4.79 Å². The van der Waals surface area contributed by atoms with Gasteiger partial charge in [0, 0.05) is 34.4 Å². The molecule has 126 valence electrons. The summed E-state index contributed by atoms with van der Waals surface area (Å²) in [4.78, 5) is 15.6. The average Bonchev–Trinajstić information content (AvgIpc) is 2.58. The van der Waals surface area contributed by atoms with Crippen LogP contribution in [0.5, 0.6) is 0 Å². The lowest BCUT2D eigenvalue weighted by atomic mass is 9.82. The van der Waals surface area contributed by atoms with Crippen molar-refractivity contribution >= 4 is 17.5 Å². The van der Waals surface area contributed by atoms with Crippen molar-refractivity contribution in [1.29, 1.82) is 0 Å². The highest BCUT2D eigenvalue weighted by atomic mass is 32.2. The summed E-state index contributed by atoms with van der Waals surface area (Å²) in [7, 11) is 0. The number of nitrogens with zero attached hydrogens (tertiary/aromatic N) is 1. The molecule has 2 spiro atoms. The van der Waals surface area contributed by atoms with E-state index in [0.717, 1.165) is 13.0 Å². The molecule has 0 aromatic heterocycles. The lowest BCUT2D eigenvalue weighted by Gasteiger charge is -2.38. The molecule has 3 heteroatoms. The third-order valence-corrected chi connectivity index (χ3v) is 8.60.